The number of carbonyl (C=O) groups is 2. The normalized spacial score (nSPS) is 11.9. The van der Waals surface area contributed by atoms with Gasteiger partial charge in [-0.2, -0.15) is 0 Å². The molecule has 24 heavy (non-hydrogen) atoms. The Balaban J connectivity index is 2.32. The fourth-order valence-corrected chi connectivity index (χ4v) is 1.94. The lowest BCUT2D eigenvalue weighted by atomic mass is 10.2. The maximum Gasteiger partial charge on any atom is 0.326 e. The van der Waals surface area contributed by atoms with Crippen LogP contribution in [0.25, 0.3) is 0 Å². The Kier molecular flexibility index (Phi) is 7.97. The van der Waals surface area contributed by atoms with Crippen molar-refractivity contribution in [2.45, 2.75) is 32.2 Å². The number of benzene rings is 1. The fraction of sp³-hybridized carbons (Fsp3) is 0.375. The molecule has 1 aromatic carbocycles. The second kappa shape index (κ2) is 9.98. The molecule has 0 fully saturated rings. The van der Waals surface area contributed by atoms with E-state index in [2.05, 4.69) is 10.6 Å². The quantitative estimate of drug-likeness (QED) is 0.261. The summed E-state index contributed by atoms with van der Waals surface area (Å²) in [7, 11) is 0. The molecule has 0 saturated carbocycles. The zero-order valence-electron chi connectivity index (χ0n) is 13.4. The number of carbonyl (C=O) groups excluding carboxylic acids is 1. The third-order valence-corrected chi connectivity index (χ3v) is 3.23. The van der Waals surface area contributed by atoms with Crippen LogP contribution in [0.5, 0.6) is 0 Å². The maximum atomic E-state index is 11.8. The molecule has 0 radical (unpaired) electrons. The van der Waals surface area contributed by atoms with Crippen LogP contribution in [0.3, 0.4) is 0 Å². The standard InChI is InChI=1S/C16H21N3O5/c1-2-3-5-14(16(21)22)18-15(20)6-4-11-17-12-7-9-13(10-8-12)19(23)24/h2-3,7-10,14,17H,4-6,11H2,1H3,(H,18,20)(H,21,22)/b3-2+. The highest BCUT2D eigenvalue weighted by molar-refractivity contribution is 5.83. The number of nitro groups is 1. The molecule has 3 N–H and O–H groups in total. The van der Waals surface area contributed by atoms with Gasteiger partial charge in [0.2, 0.25) is 5.91 Å². The third kappa shape index (κ3) is 6.91. The van der Waals surface area contributed by atoms with E-state index in [0.717, 1.165) is 5.69 Å². The summed E-state index contributed by atoms with van der Waals surface area (Å²) in [5, 5.41) is 25.1. The summed E-state index contributed by atoms with van der Waals surface area (Å²) >= 11 is 0. The number of nitrogens with one attached hydrogen (secondary N) is 2. The van der Waals surface area contributed by atoms with Gasteiger partial charge in [-0.05, 0) is 31.9 Å². The van der Waals surface area contributed by atoms with Gasteiger partial charge >= 0.3 is 5.97 Å². The van der Waals surface area contributed by atoms with Gasteiger partial charge in [0.25, 0.3) is 5.69 Å². The number of hydrogen-bond donors (Lipinski definition) is 3. The van der Waals surface area contributed by atoms with E-state index < -0.39 is 16.9 Å². The largest absolute Gasteiger partial charge is 0.480 e. The van der Waals surface area contributed by atoms with Crippen molar-refractivity contribution in [2.75, 3.05) is 11.9 Å². The molecule has 0 aromatic heterocycles. The predicted molar refractivity (Wildman–Crippen MR) is 89.8 cm³/mol. The minimum absolute atomic E-state index is 0.0146. The van der Waals surface area contributed by atoms with Crippen molar-refractivity contribution in [1.82, 2.24) is 5.32 Å². The van der Waals surface area contributed by atoms with E-state index >= 15 is 0 Å². The first-order valence-electron chi connectivity index (χ1n) is 7.55. The Morgan fingerprint density at radius 1 is 1.33 bits per heavy atom. The summed E-state index contributed by atoms with van der Waals surface area (Å²) in [4.78, 5) is 32.8. The van der Waals surface area contributed by atoms with E-state index in [-0.39, 0.29) is 24.4 Å². The maximum absolute atomic E-state index is 11.8. The number of non-ortho nitro benzene ring substituents is 1. The van der Waals surface area contributed by atoms with Crippen molar-refractivity contribution in [3.8, 4) is 0 Å². The van der Waals surface area contributed by atoms with Gasteiger partial charge in [0.05, 0.1) is 4.92 Å². The first kappa shape index (κ1) is 19.1. The Morgan fingerprint density at radius 2 is 2.00 bits per heavy atom. The van der Waals surface area contributed by atoms with Crippen LogP contribution in [0.2, 0.25) is 0 Å². The molecule has 0 aliphatic rings. The Labute approximate surface area is 139 Å². The smallest absolute Gasteiger partial charge is 0.326 e. The van der Waals surface area contributed by atoms with Crippen LogP contribution in [0.1, 0.15) is 26.2 Å². The fourth-order valence-electron chi connectivity index (χ4n) is 1.94. The van der Waals surface area contributed by atoms with Crippen molar-refractivity contribution >= 4 is 23.3 Å². The second-order valence-corrected chi connectivity index (χ2v) is 5.10. The summed E-state index contributed by atoms with van der Waals surface area (Å²) < 4.78 is 0. The number of amides is 1. The number of carboxylic acids is 1. The number of rotatable bonds is 10. The second-order valence-electron chi connectivity index (χ2n) is 5.10. The van der Waals surface area contributed by atoms with Crippen LogP contribution in [-0.2, 0) is 9.59 Å². The number of aliphatic carboxylic acids is 1. The summed E-state index contributed by atoms with van der Waals surface area (Å²) in [5.41, 5.74) is 0.735. The van der Waals surface area contributed by atoms with Gasteiger partial charge in [-0.25, -0.2) is 4.79 Å². The van der Waals surface area contributed by atoms with Gasteiger partial charge < -0.3 is 15.7 Å². The molecule has 0 bridgehead atoms. The van der Waals surface area contributed by atoms with Gasteiger partial charge in [-0.1, -0.05) is 12.2 Å². The average Bonchev–Trinajstić information content (AvgIpc) is 2.55. The van der Waals surface area contributed by atoms with E-state index in [1.54, 1.807) is 31.2 Å². The molecule has 1 rings (SSSR count). The number of anilines is 1. The van der Waals surface area contributed by atoms with Gasteiger partial charge in [0.1, 0.15) is 6.04 Å². The molecule has 1 unspecified atom stereocenters. The summed E-state index contributed by atoms with van der Waals surface area (Å²) in [6, 6.07) is 5.06. The van der Waals surface area contributed by atoms with Crippen LogP contribution in [0, 0.1) is 10.1 Å². The lowest BCUT2D eigenvalue weighted by Crippen LogP contribution is -2.40. The van der Waals surface area contributed by atoms with Crippen molar-refractivity contribution in [2.24, 2.45) is 0 Å². The zero-order chi connectivity index (χ0) is 17.9. The summed E-state index contributed by atoms with van der Waals surface area (Å²) in [6.45, 7) is 2.28. The van der Waals surface area contributed by atoms with E-state index in [0.29, 0.717) is 13.0 Å². The van der Waals surface area contributed by atoms with Crippen LogP contribution >= 0.6 is 0 Å². The topological polar surface area (TPSA) is 122 Å². The highest BCUT2D eigenvalue weighted by Gasteiger charge is 2.17. The molecule has 0 aliphatic heterocycles. The molecule has 1 aromatic rings. The lowest BCUT2D eigenvalue weighted by molar-refractivity contribution is -0.384. The van der Waals surface area contributed by atoms with Gasteiger partial charge in [-0.15, -0.1) is 0 Å². The number of hydrogen-bond acceptors (Lipinski definition) is 5. The molecule has 8 heteroatoms. The number of nitrogens with zero attached hydrogens (tertiary/aromatic N) is 1. The molecule has 0 heterocycles. The Bertz CT molecular complexity index is 598. The van der Waals surface area contributed by atoms with Crippen LogP contribution in [0.4, 0.5) is 11.4 Å². The third-order valence-electron chi connectivity index (χ3n) is 3.23. The van der Waals surface area contributed by atoms with E-state index in [1.807, 2.05) is 0 Å². The molecule has 8 nitrogen and oxygen atoms in total. The molecular formula is C16H21N3O5. The van der Waals surface area contributed by atoms with Crippen molar-refractivity contribution in [3.05, 3.63) is 46.5 Å². The molecule has 0 aliphatic carbocycles. The number of nitro benzene ring substituents is 1. The van der Waals surface area contributed by atoms with Crippen molar-refractivity contribution in [1.29, 1.82) is 0 Å². The minimum Gasteiger partial charge on any atom is -0.480 e. The average molecular weight is 335 g/mol. The number of allylic oxidation sites excluding steroid dienone is 1. The molecule has 0 saturated heterocycles. The van der Waals surface area contributed by atoms with E-state index in [1.165, 1.54) is 12.1 Å². The van der Waals surface area contributed by atoms with Gasteiger partial charge in [-0.3, -0.25) is 14.9 Å². The predicted octanol–water partition coefficient (Wildman–Crippen LogP) is 2.32. The highest BCUT2D eigenvalue weighted by atomic mass is 16.6. The zero-order valence-corrected chi connectivity index (χ0v) is 13.4. The molecule has 1 atom stereocenters. The van der Waals surface area contributed by atoms with Crippen molar-refractivity contribution in [3.63, 3.8) is 0 Å². The minimum atomic E-state index is -1.06. The Morgan fingerprint density at radius 3 is 2.54 bits per heavy atom. The van der Waals surface area contributed by atoms with Crippen LogP contribution in [-0.4, -0.2) is 34.5 Å². The first-order chi connectivity index (χ1) is 11.4. The summed E-state index contributed by atoms with van der Waals surface area (Å²) in [5.74, 6) is -1.39. The van der Waals surface area contributed by atoms with Crippen LogP contribution in [0.15, 0.2) is 36.4 Å². The van der Waals surface area contributed by atoms with Gasteiger partial charge in [0.15, 0.2) is 0 Å². The van der Waals surface area contributed by atoms with E-state index in [4.69, 9.17) is 5.11 Å². The lowest BCUT2D eigenvalue weighted by Gasteiger charge is -2.12. The molecule has 1 amide bonds. The molecular weight excluding hydrogens is 314 g/mol. The Hall–Kier alpha value is -2.90. The van der Waals surface area contributed by atoms with E-state index in [9.17, 15) is 19.7 Å². The molecule has 0 spiro atoms. The summed E-state index contributed by atoms with van der Waals surface area (Å²) in [6.07, 6.45) is 4.38. The van der Waals surface area contributed by atoms with Crippen LogP contribution < -0.4 is 10.6 Å². The van der Waals surface area contributed by atoms with Crippen molar-refractivity contribution < 1.29 is 19.6 Å². The SMILES string of the molecule is C/C=C/CC(NC(=O)CCCNc1ccc([N+](=O)[O-])cc1)C(=O)O. The monoisotopic (exact) mass is 335 g/mol. The highest BCUT2D eigenvalue weighted by Crippen LogP contribution is 2.15. The number of carboxylic acid groups (broad SMARTS) is 1. The first-order valence-corrected chi connectivity index (χ1v) is 7.55. The molecule has 130 valence electrons. The van der Waals surface area contributed by atoms with Gasteiger partial charge in [0, 0.05) is 30.8 Å².